The summed E-state index contributed by atoms with van der Waals surface area (Å²) >= 11 is 0. The van der Waals surface area contributed by atoms with Crippen LogP contribution >= 0.6 is 0 Å². The molecule has 0 N–H and O–H groups in total. The number of benzene rings is 1. The van der Waals surface area contributed by atoms with Crippen LogP contribution in [0, 0.1) is 11.6 Å². The third-order valence-electron chi connectivity index (χ3n) is 6.08. The largest absolute Gasteiger partial charge is 0.494 e. The van der Waals surface area contributed by atoms with Crippen LogP contribution in [0.25, 0.3) is 0 Å². The Kier molecular flexibility index (Phi) is 6.97. The summed E-state index contributed by atoms with van der Waals surface area (Å²) in [5.41, 5.74) is 0.691. The first-order chi connectivity index (χ1) is 15.5. The van der Waals surface area contributed by atoms with Gasteiger partial charge in [0.1, 0.15) is 18.1 Å². The van der Waals surface area contributed by atoms with Crippen LogP contribution in [0.15, 0.2) is 36.5 Å². The lowest BCUT2D eigenvalue weighted by Gasteiger charge is -2.37. The molecule has 3 heterocycles. The summed E-state index contributed by atoms with van der Waals surface area (Å²) in [4.78, 5) is 33.0. The molecule has 1 unspecified atom stereocenters. The predicted octanol–water partition coefficient (Wildman–Crippen LogP) is 3.60. The first-order valence-corrected chi connectivity index (χ1v) is 11.1. The number of aromatic nitrogens is 1. The standard InChI is InChI=1S/C24H27F2N3O3/c25-18-14-21(26)23(27-15-18)24(31)28-10-4-12-32-20-7-3-5-17(13-20)8-9-19-6-1-2-11-29(19)22(30)16-28/h3,5,7,13-15,19H,1-2,4,6,8-12,16H2. The third kappa shape index (κ3) is 5.23. The molecule has 1 aromatic heterocycles. The van der Waals surface area contributed by atoms with Crippen LogP contribution in [0.3, 0.4) is 0 Å². The number of carbonyl (C=O) groups is 2. The summed E-state index contributed by atoms with van der Waals surface area (Å²) in [7, 11) is 0. The zero-order valence-corrected chi connectivity index (χ0v) is 17.9. The molecule has 0 spiro atoms. The van der Waals surface area contributed by atoms with Crippen LogP contribution in [0.4, 0.5) is 8.78 Å². The van der Waals surface area contributed by atoms with Crippen molar-refractivity contribution in [2.24, 2.45) is 0 Å². The van der Waals surface area contributed by atoms with Gasteiger partial charge in [0.25, 0.3) is 5.91 Å². The molecule has 2 aliphatic heterocycles. The van der Waals surface area contributed by atoms with Crippen LogP contribution in [-0.2, 0) is 11.2 Å². The molecule has 2 bridgehead atoms. The van der Waals surface area contributed by atoms with Crippen molar-refractivity contribution in [3.8, 4) is 5.75 Å². The molecule has 0 saturated carbocycles. The maximum atomic E-state index is 14.2. The fourth-order valence-electron chi connectivity index (χ4n) is 4.43. The number of ether oxygens (including phenoxy) is 1. The lowest BCUT2D eigenvalue weighted by Crippen LogP contribution is -2.49. The summed E-state index contributed by atoms with van der Waals surface area (Å²) < 4.78 is 33.3. The Morgan fingerprint density at radius 3 is 2.81 bits per heavy atom. The Morgan fingerprint density at radius 2 is 1.97 bits per heavy atom. The van der Waals surface area contributed by atoms with E-state index in [9.17, 15) is 18.4 Å². The van der Waals surface area contributed by atoms with Gasteiger partial charge in [0.2, 0.25) is 5.91 Å². The van der Waals surface area contributed by atoms with E-state index in [-0.39, 0.29) is 25.0 Å². The monoisotopic (exact) mass is 443 g/mol. The van der Waals surface area contributed by atoms with Gasteiger partial charge < -0.3 is 14.5 Å². The highest BCUT2D eigenvalue weighted by Crippen LogP contribution is 2.24. The minimum Gasteiger partial charge on any atom is -0.494 e. The van der Waals surface area contributed by atoms with Gasteiger partial charge in [-0.15, -0.1) is 0 Å². The van der Waals surface area contributed by atoms with Crippen LogP contribution in [0.2, 0.25) is 0 Å². The summed E-state index contributed by atoms with van der Waals surface area (Å²) in [5.74, 6) is -2.01. The fraction of sp³-hybridized carbons (Fsp3) is 0.458. The molecular weight excluding hydrogens is 416 g/mol. The van der Waals surface area contributed by atoms with Gasteiger partial charge in [0.15, 0.2) is 11.5 Å². The Hall–Kier alpha value is -3.03. The normalized spacial score (nSPS) is 20.2. The van der Waals surface area contributed by atoms with Gasteiger partial charge >= 0.3 is 0 Å². The molecule has 6 nitrogen and oxygen atoms in total. The molecule has 1 saturated heterocycles. The number of fused-ring (bicyclic) bond motifs is 3. The molecule has 4 rings (SSSR count). The van der Waals surface area contributed by atoms with E-state index in [1.807, 2.05) is 23.1 Å². The van der Waals surface area contributed by atoms with E-state index in [2.05, 4.69) is 11.1 Å². The van der Waals surface area contributed by atoms with Gasteiger partial charge in [0.05, 0.1) is 12.8 Å². The molecule has 2 aliphatic rings. The van der Waals surface area contributed by atoms with Crippen LogP contribution in [-0.4, -0.2) is 58.9 Å². The van der Waals surface area contributed by atoms with Gasteiger partial charge in [-0.1, -0.05) is 12.1 Å². The number of halogens is 2. The second-order valence-corrected chi connectivity index (χ2v) is 8.34. The quantitative estimate of drug-likeness (QED) is 0.676. The number of hydrogen-bond donors (Lipinski definition) is 0. The summed E-state index contributed by atoms with van der Waals surface area (Å²) in [6.45, 7) is 1.02. The van der Waals surface area contributed by atoms with Crippen LogP contribution < -0.4 is 4.74 Å². The van der Waals surface area contributed by atoms with E-state index in [1.54, 1.807) is 0 Å². The van der Waals surface area contributed by atoms with Gasteiger partial charge in [0, 0.05) is 25.2 Å². The highest BCUT2D eigenvalue weighted by molar-refractivity contribution is 5.95. The number of amides is 2. The average molecular weight is 443 g/mol. The SMILES string of the molecule is O=C(c1ncc(F)cc1F)N1CCCOc2cccc(c2)CCC2CCCCN2C(=O)C1. The molecule has 8 heteroatoms. The second kappa shape index (κ2) is 10.1. The van der Waals surface area contributed by atoms with Crippen molar-refractivity contribution >= 4 is 11.8 Å². The van der Waals surface area contributed by atoms with E-state index in [0.29, 0.717) is 25.6 Å². The molecule has 170 valence electrons. The van der Waals surface area contributed by atoms with Crippen molar-refractivity contribution < 1.29 is 23.1 Å². The predicted molar refractivity (Wildman–Crippen MR) is 114 cm³/mol. The van der Waals surface area contributed by atoms with Crippen molar-refractivity contribution in [3.05, 3.63) is 59.4 Å². The first kappa shape index (κ1) is 22.2. The average Bonchev–Trinajstić information content (AvgIpc) is 2.79. The zero-order valence-electron chi connectivity index (χ0n) is 17.9. The van der Waals surface area contributed by atoms with E-state index in [4.69, 9.17) is 4.74 Å². The van der Waals surface area contributed by atoms with E-state index < -0.39 is 23.2 Å². The lowest BCUT2D eigenvalue weighted by molar-refractivity contribution is -0.135. The van der Waals surface area contributed by atoms with E-state index >= 15 is 0 Å². The van der Waals surface area contributed by atoms with Gasteiger partial charge in [-0.3, -0.25) is 9.59 Å². The summed E-state index contributed by atoms with van der Waals surface area (Å²) in [5, 5.41) is 0. The highest BCUT2D eigenvalue weighted by Gasteiger charge is 2.30. The third-order valence-corrected chi connectivity index (χ3v) is 6.08. The molecule has 0 radical (unpaired) electrons. The molecule has 2 amide bonds. The number of piperidine rings is 1. The Bertz CT molecular complexity index is 985. The maximum absolute atomic E-state index is 14.2. The molecule has 1 fully saturated rings. The number of rotatable bonds is 1. The Morgan fingerprint density at radius 1 is 1.09 bits per heavy atom. The fourth-order valence-corrected chi connectivity index (χ4v) is 4.43. The molecular formula is C24H27F2N3O3. The van der Waals surface area contributed by atoms with Gasteiger partial charge in [-0.25, -0.2) is 13.8 Å². The van der Waals surface area contributed by atoms with E-state index in [1.165, 1.54) is 10.5 Å². The van der Waals surface area contributed by atoms with Gasteiger partial charge in [-0.05, 0) is 56.2 Å². The smallest absolute Gasteiger partial charge is 0.275 e. The zero-order chi connectivity index (χ0) is 22.5. The summed E-state index contributed by atoms with van der Waals surface area (Å²) in [6.07, 6.45) is 5.83. The van der Waals surface area contributed by atoms with Gasteiger partial charge in [-0.2, -0.15) is 0 Å². The lowest BCUT2D eigenvalue weighted by atomic mass is 9.95. The Balaban J connectivity index is 1.59. The van der Waals surface area contributed by atoms with Crippen molar-refractivity contribution in [2.45, 2.75) is 44.6 Å². The van der Waals surface area contributed by atoms with Crippen molar-refractivity contribution in [1.29, 1.82) is 0 Å². The summed E-state index contributed by atoms with van der Waals surface area (Å²) in [6, 6.07) is 8.66. The molecule has 32 heavy (non-hydrogen) atoms. The Labute approximate surface area is 186 Å². The molecule has 2 aromatic rings. The number of nitrogens with zero attached hydrogens (tertiary/aromatic N) is 3. The number of hydrogen-bond acceptors (Lipinski definition) is 4. The van der Waals surface area contributed by atoms with Crippen molar-refractivity contribution in [3.63, 3.8) is 0 Å². The minimum absolute atomic E-state index is 0.0985. The second-order valence-electron chi connectivity index (χ2n) is 8.34. The molecule has 1 aromatic carbocycles. The number of aryl methyl sites for hydroxylation is 1. The van der Waals surface area contributed by atoms with Crippen LogP contribution in [0.1, 0.15) is 48.2 Å². The maximum Gasteiger partial charge on any atom is 0.275 e. The molecule has 1 atom stereocenters. The van der Waals surface area contributed by atoms with Crippen molar-refractivity contribution in [2.75, 3.05) is 26.2 Å². The molecule has 0 aliphatic carbocycles. The number of carbonyl (C=O) groups excluding carboxylic acids is 2. The first-order valence-electron chi connectivity index (χ1n) is 11.1. The van der Waals surface area contributed by atoms with E-state index in [0.717, 1.165) is 44.1 Å². The minimum atomic E-state index is -1.04. The topological polar surface area (TPSA) is 62.7 Å². The van der Waals surface area contributed by atoms with Crippen molar-refractivity contribution in [1.82, 2.24) is 14.8 Å². The highest BCUT2D eigenvalue weighted by atomic mass is 19.1. The van der Waals surface area contributed by atoms with Crippen LogP contribution in [0.5, 0.6) is 5.75 Å². The number of pyridine rings is 1.